The highest BCUT2D eigenvalue weighted by molar-refractivity contribution is 6.12. The molecule has 0 unspecified atom stereocenters. The summed E-state index contributed by atoms with van der Waals surface area (Å²) in [5.41, 5.74) is 13.9. The van der Waals surface area contributed by atoms with E-state index in [1.54, 1.807) is 0 Å². The van der Waals surface area contributed by atoms with Gasteiger partial charge >= 0.3 is 0 Å². The smallest absolute Gasteiger partial charge is 0.136 e. The Bertz CT molecular complexity index is 3440. The molecule has 0 amide bonds. The van der Waals surface area contributed by atoms with E-state index in [1.165, 1.54) is 92.2 Å². The van der Waals surface area contributed by atoms with Crippen molar-refractivity contribution in [2.24, 2.45) is 0 Å². The molecule has 62 heavy (non-hydrogen) atoms. The van der Waals surface area contributed by atoms with Crippen molar-refractivity contribution in [3.05, 3.63) is 212 Å². The topological polar surface area (TPSA) is 16.4 Å². The van der Waals surface area contributed by atoms with Crippen LogP contribution in [0, 0.1) is 0 Å². The van der Waals surface area contributed by atoms with E-state index >= 15 is 0 Å². The van der Waals surface area contributed by atoms with Crippen LogP contribution in [0.3, 0.4) is 0 Å². The number of hydrogen-bond donors (Lipinski definition) is 0. The first-order chi connectivity index (χ1) is 30.7. The Morgan fingerprint density at radius 2 is 0.968 bits per heavy atom. The first kappa shape index (κ1) is 36.4. The molecule has 1 fully saturated rings. The number of anilines is 3. The number of fused-ring (bicyclic) bond motifs is 7. The third kappa shape index (κ3) is 6.25. The van der Waals surface area contributed by atoms with E-state index in [0.29, 0.717) is 5.92 Å². The summed E-state index contributed by atoms with van der Waals surface area (Å²) in [7, 11) is 0. The molecule has 11 aromatic rings. The van der Waals surface area contributed by atoms with Crippen LogP contribution >= 0.6 is 0 Å². The minimum absolute atomic E-state index is 0.586. The Kier molecular flexibility index (Phi) is 8.96. The average Bonchev–Trinajstić information content (AvgIpc) is 3.72. The summed E-state index contributed by atoms with van der Waals surface area (Å²) in [6, 6.07) is 75.8. The van der Waals surface area contributed by atoms with E-state index < -0.39 is 0 Å². The predicted octanol–water partition coefficient (Wildman–Crippen LogP) is 17.6. The van der Waals surface area contributed by atoms with Gasteiger partial charge in [-0.3, -0.25) is 0 Å². The van der Waals surface area contributed by atoms with Crippen LogP contribution in [-0.2, 0) is 0 Å². The first-order valence-corrected chi connectivity index (χ1v) is 22.2. The van der Waals surface area contributed by atoms with Gasteiger partial charge in [0.15, 0.2) is 0 Å². The fourth-order valence-corrected chi connectivity index (χ4v) is 10.5. The lowest BCUT2D eigenvalue weighted by atomic mass is 9.80. The molecule has 1 heterocycles. The molecule has 0 spiro atoms. The van der Waals surface area contributed by atoms with Gasteiger partial charge in [0.2, 0.25) is 0 Å². The minimum atomic E-state index is 0.586. The largest absolute Gasteiger partial charge is 0.456 e. The molecule has 2 heteroatoms. The molecule has 1 aliphatic carbocycles. The molecule has 1 aliphatic rings. The minimum Gasteiger partial charge on any atom is -0.456 e. The quantitative estimate of drug-likeness (QED) is 0.149. The average molecular weight is 796 g/mol. The van der Waals surface area contributed by atoms with Crippen LogP contribution < -0.4 is 4.90 Å². The summed E-state index contributed by atoms with van der Waals surface area (Å²) in [4.78, 5) is 2.45. The zero-order valence-electron chi connectivity index (χ0n) is 34.6. The molecule has 0 radical (unpaired) electrons. The second-order valence-corrected chi connectivity index (χ2v) is 17.0. The summed E-state index contributed by atoms with van der Waals surface area (Å²) < 4.78 is 6.30. The molecular formula is C60H45NO. The number of benzene rings is 10. The molecule has 296 valence electrons. The van der Waals surface area contributed by atoms with Crippen molar-refractivity contribution in [2.75, 3.05) is 4.90 Å². The highest BCUT2D eigenvalue weighted by atomic mass is 16.3. The van der Waals surface area contributed by atoms with Gasteiger partial charge in [-0.25, -0.2) is 0 Å². The predicted molar refractivity (Wildman–Crippen MR) is 263 cm³/mol. The van der Waals surface area contributed by atoms with Crippen LogP contribution in [0.4, 0.5) is 17.1 Å². The molecule has 0 bridgehead atoms. The summed E-state index contributed by atoms with van der Waals surface area (Å²) in [6.07, 6.45) is 6.48. The van der Waals surface area contributed by atoms with Crippen LogP contribution in [-0.4, -0.2) is 0 Å². The molecule has 0 saturated heterocycles. The number of furan rings is 1. The summed E-state index contributed by atoms with van der Waals surface area (Å²) in [5, 5.41) is 10.1. The van der Waals surface area contributed by atoms with Gasteiger partial charge in [-0.1, -0.05) is 177 Å². The first-order valence-electron chi connectivity index (χ1n) is 22.2. The maximum Gasteiger partial charge on any atom is 0.136 e. The Balaban J connectivity index is 0.999. The highest BCUT2D eigenvalue weighted by Crippen LogP contribution is 2.46. The van der Waals surface area contributed by atoms with E-state index in [2.05, 4.69) is 199 Å². The van der Waals surface area contributed by atoms with Crippen LogP contribution in [0.25, 0.3) is 87.6 Å². The molecule has 0 aliphatic heterocycles. The van der Waals surface area contributed by atoms with Gasteiger partial charge in [0.1, 0.15) is 11.2 Å². The van der Waals surface area contributed by atoms with Gasteiger partial charge in [-0.05, 0) is 133 Å². The molecule has 1 saturated carbocycles. The van der Waals surface area contributed by atoms with Crippen molar-refractivity contribution in [1.82, 2.24) is 0 Å². The van der Waals surface area contributed by atoms with Crippen molar-refractivity contribution in [1.29, 1.82) is 0 Å². The standard InChI is InChI=1S/C60H45NO/c1-2-13-41(14-3-1)50-22-10-16-44-17-11-24-56(60(44)50)53-19-6-8-25-57(53)61(46-33-27-40(28-34-46)45-32-38-55-54-20-7-9-26-58(54)62-59(55)39-45)47-35-29-43(30-36-47)49-21-12-23-51-48-18-5-4-15-42(48)31-37-52(49)51/h4-12,15-39,41H,1-3,13-14H2. The fraction of sp³-hybridized carbons (Fsp3) is 0.100. The van der Waals surface area contributed by atoms with Crippen molar-refractivity contribution >= 4 is 71.3 Å². The highest BCUT2D eigenvalue weighted by Gasteiger charge is 2.23. The second kappa shape index (κ2) is 15.2. The van der Waals surface area contributed by atoms with Crippen molar-refractivity contribution < 1.29 is 4.42 Å². The summed E-state index contributed by atoms with van der Waals surface area (Å²) in [5.74, 6) is 0.586. The van der Waals surface area contributed by atoms with Crippen LogP contribution in [0.15, 0.2) is 211 Å². The third-order valence-electron chi connectivity index (χ3n) is 13.5. The van der Waals surface area contributed by atoms with Crippen molar-refractivity contribution in [3.8, 4) is 33.4 Å². The van der Waals surface area contributed by atoms with Crippen LogP contribution in [0.1, 0.15) is 43.6 Å². The second-order valence-electron chi connectivity index (χ2n) is 17.0. The zero-order chi connectivity index (χ0) is 41.0. The van der Waals surface area contributed by atoms with Crippen LogP contribution in [0.2, 0.25) is 0 Å². The normalized spacial score (nSPS) is 13.4. The SMILES string of the molecule is c1ccc(N(c2ccc(-c3ccc4c(c3)oc3ccccc34)cc2)c2ccc(-c3cccc4c3ccc3ccccc34)cc2)c(-c2cccc3cccc(C4CCCCC4)c23)c1. The van der Waals surface area contributed by atoms with Crippen molar-refractivity contribution in [2.45, 2.75) is 38.0 Å². The molecule has 0 N–H and O–H groups in total. The van der Waals surface area contributed by atoms with Crippen molar-refractivity contribution in [3.63, 3.8) is 0 Å². The Morgan fingerprint density at radius 1 is 0.371 bits per heavy atom. The van der Waals surface area contributed by atoms with Gasteiger partial charge in [-0.2, -0.15) is 0 Å². The third-order valence-corrected chi connectivity index (χ3v) is 13.5. The lowest BCUT2D eigenvalue weighted by Gasteiger charge is -2.29. The number of rotatable bonds is 7. The van der Waals surface area contributed by atoms with Gasteiger partial charge in [0, 0.05) is 27.7 Å². The van der Waals surface area contributed by atoms with E-state index in [0.717, 1.165) is 50.1 Å². The molecule has 10 aromatic carbocycles. The van der Waals surface area contributed by atoms with Crippen LogP contribution in [0.5, 0.6) is 0 Å². The Labute approximate surface area is 362 Å². The summed E-state index contributed by atoms with van der Waals surface area (Å²) >= 11 is 0. The van der Waals surface area contributed by atoms with E-state index in [4.69, 9.17) is 4.42 Å². The molecular weight excluding hydrogens is 751 g/mol. The Hall–Kier alpha value is -7.42. The number of nitrogens with zero attached hydrogens (tertiary/aromatic N) is 1. The van der Waals surface area contributed by atoms with E-state index in [9.17, 15) is 0 Å². The van der Waals surface area contributed by atoms with Gasteiger partial charge < -0.3 is 9.32 Å². The maximum absolute atomic E-state index is 6.30. The lowest BCUT2D eigenvalue weighted by Crippen LogP contribution is -2.11. The fourth-order valence-electron chi connectivity index (χ4n) is 10.5. The number of para-hydroxylation sites is 2. The van der Waals surface area contributed by atoms with Gasteiger partial charge in [0.25, 0.3) is 0 Å². The van der Waals surface area contributed by atoms with Gasteiger partial charge in [-0.15, -0.1) is 0 Å². The van der Waals surface area contributed by atoms with Gasteiger partial charge in [0.05, 0.1) is 5.69 Å². The molecule has 0 atom stereocenters. The summed E-state index contributed by atoms with van der Waals surface area (Å²) in [6.45, 7) is 0. The molecule has 2 nitrogen and oxygen atoms in total. The molecule has 12 rings (SSSR count). The van der Waals surface area contributed by atoms with E-state index in [1.807, 2.05) is 12.1 Å². The molecule has 1 aromatic heterocycles. The monoisotopic (exact) mass is 795 g/mol. The maximum atomic E-state index is 6.30. The Morgan fingerprint density at radius 3 is 1.81 bits per heavy atom. The zero-order valence-corrected chi connectivity index (χ0v) is 34.6. The van der Waals surface area contributed by atoms with E-state index in [-0.39, 0.29) is 0 Å². The lowest BCUT2D eigenvalue weighted by molar-refractivity contribution is 0.445. The number of hydrogen-bond acceptors (Lipinski definition) is 2.